The summed E-state index contributed by atoms with van der Waals surface area (Å²) in [4.78, 5) is 0. The number of benzene rings is 2. The number of fused-ring (bicyclic) bond motifs is 1. The van der Waals surface area contributed by atoms with E-state index in [-0.39, 0.29) is 6.79 Å². The van der Waals surface area contributed by atoms with Gasteiger partial charge in [0.15, 0.2) is 23.0 Å². The molecule has 2 atom stereocenters. The standard InChI is InChI=1S/C22H26O7/c1-6-7-14-8-16(24-3)22(17(9-14)25-4)29-13(2)20(23)15-10-18(26-5)21-19(11-15)27-12-28-21/h6-11,13,20,23H,12H2,1-5H3/t13-,20+/m1/s1. The van der Waals surface area contributed by atoms with Gasteiger partial charge >= 0.3 is 0 Å². The molecule has 29 heavy (non-hydrogen) atoms. The van der Waals surface area contributed by atoms with E-state index >= 15 is 0 Å². The first-order valence-electron chi connectivity index (χ1n) is 9.23. The van der Waals surface area contributed by atoms with Crippen LogP contribution in [0.2, 0.25) is 0 Å². The predicted octanol–water partition coefficient (Wildman–Crippen LogP) is 3.98. The van der Waals surface area contributed by atoms with Crippen molar-refractivity contribution in [3.8, 4) is 34.5 Å². The van der Waals surface area contributed by atoms with Crippen LogP contribution in [0.4, 0.5) is 0 Å². The van der Waals surface area contributed by atoms with Gasteiger partial charge in [-0.2, -0.15) is 0 Å². The molecule has 0 amide bonds. The second-order valence-corrected chi connectivity index (χ2v) is 6.48. The number of ether oxygens (including phenoxy) is 6. The van der Waals surface area contributed by atoms with E-state index in [2.05, 4.69) is 0 Å². The Hall–Kier alpha value is -3.06. The Balaban J connectivity index is 1.89. The first-order chi connectivity index (χ1) is 14.0. The van der Waals surface area contributed by atoms with Crippen molar-refractivity contribution in [2.45, 2.75) is 26.1 Å². The summed E-state index contributed by atoms with van der Waals surface area (Å²) in [6.07, 6.45) is 2.29. The Morgan fingerprint density at radius 3 is 2.21 bits per heavy atom. The topological polar surface area (TPSA) is 75.6 Å². The van der Waals surface area contributed by atoms with E-state index < -0.39 is 12.2 Å². The van der Waals surface area contributed by atoms with Crippen LogP contribution in [-0.2, 0) is 0 Å². The molecule has 3 rings (SSSR count). The van der Waals surface area contributed by atoms with Gasteiger partial charge in [-0.15, -0.1) is 0 Å². The lowest BCUT2D eigenvalue weighted by Crippen LogP contribution is -2.22. The van der Waals surface area contributed by atoms with Crippen molar-refractivity contribution in [3.63, 3.8) is 0 Å². The Bertz CT molecular complexity index is 866. The molecule has 1 aliphatic heterocycles. The average Bonchev–Trinajstić information content (AvgIpc) is 3.21. The minimum Gasteiger partial charge on any atom is -0.493 e. The van der Waals surface area contributed by atoms with Crippen LogP contribution in [0.3, 0.4) is 0 Å². The molecule has 0 fully saturated rings. The molecule has 2 aromatic carbocycles. The van der Waals surface area contributed by atoms with Gasteiger partial charge in [-0.3, -0.25) is 0 Å². The van der Waals surface area contributed by atoms with Crippen LogP contribution in [0.25, 0.3) is 6.08 Å². The molecule has 0 saturated heterocycles. The number of aliphatic hydroxyl groups is 1. The van der Waals surface area contributed by atoms with Gasteiger partial charge in [0.25, 0.3) is 0 Å². The molecule has 2 aromatic rings. The molecule has 7 heteroatoms. The summed E-state index contributed by atoms with van der Waals surface area (Å²) >= 11 is 0. The monoisotopic (exact) mass is 402 g/mol. The van der Waals surface area contributed by atoms with E-state index in [1.807, 2.05) is 31.2 Å². The van der Waals surface area contributed by atoms with E-state index in [1.165, 1.54) is 7.11 Å². The van der Waals surface area contributed by atoms with Gasteiger partial charge < -0.3 is 33.5 Å². The Kier molecular flexibility index (Phi) is 6.39. The summed E-state index contributed by atoms with van der Waals surface area (Å²) in [5.41, 5.74) is 1.50. The third-order valence-corrected chi connectivity index (χ3v) is 4.61. The summed E-state index contributed by atoms with van der Waals surface area (Å²) in [7, 11) is 4.66. The normalized spacial score (nSPS) is 14.6. The molecule has 0 bridgehead atoms. The molecule has 0 aromatic heterocycles. The largest absolute Gasteiger partial charge is 0.493 e. The van der Waals surface area contributed by atoms with Gasteiger partial charge in [0.2, 0.25) is 18.3 Å². The zero-order chi connectivity index (χ0) is 21.0. The van der Waals surface area contributed by atoms with Gasteiger partial charge in [0.05, 0.1) is 21.3 Å². The summed E-state index contributed by atoms with van der Waals surface area (Å²) in [6, 6.07) is 7.13. The van der Waals surface area contributed by atoms with Crippen LogP contribution in [0.5, 0.6) is 34.5 Å². The van der Waals surface area contributed by atoms with Crippen molar-refractivity contribution in [1.29, 1.82) is 0 Å². The number of methoxy groups -OCH3 is 3. The molecule has 0 aliphatic carbocycles. The summed E-state index contributed by atoms with van der Waals surface area (Å²) in [5.74, 6) is 2.99. The van der Waals surface area contributed by atoms with E-state index in [0.717, 1.165) is 5.56 Å². The third-order valence-electron chi connectivity index (χ3n) is 4.61. The molecule has 0 unspecified atom stereocenters. The van der Waals surface area contributed by atoms with E-state index in [0.29, 0.717) is 40.1 Å². The average molecular weight is 402 g/mol. The zero-order valence-corrected chi connectivity index (χ0v) is 17.2. The Morgan fingerprint density at radius 1 is 0.966 bits per heavy atom. The second kappa shape index (κ2) is 8.96. The fourth-order valence-corrected chi connectivity index (χ4v) is 3.15. The van der Waals surface area contributed by atoms with E-state index in [4.69, 9.17) is 28.4 Å². The first-order valence-corrected chi connectivity index (χ1v) is 9.23. The number of hydrogen-bond acceptors (Lipinski definition) is 7. The highest BCUT2D eigenvalue weighted by atomic mass is 16.7. The van der Waals surface area contributed by atoms with Crippen molar-refractivity contribution >= 4 is 6.08 Å². The molecule has 0 saturated carbocycles. The van der Waals surface area contributed by atoms with Gasteiger partial charge in [0, 0.05) is 0 Å². The van der Waals surface area contributed by atoms with Crippen LogP contribution >= 0.6 is 0 Å². The van der Waals surface area contributed by atoms with Crippen molar-refractivity contribution < 1.29 is 33.5 Å². The smallest absolute Gasteiger partial charge is 0.231 e. The molecule has 1 heterocycles. The van der Waals surface area contributed by atoms with Crippen molar-refractivity contribution in [3.05, 3.63) is 41.5 Å². The number of rotatable bonds is 8. The fraction of sp³-hybridized carbons (Fsp3) is 0.364. The summed E-state index contributed by atoms with van der Waals surface area (Å²) < 4.78 is 33.2. The zero-order valence-electron chi connectivity index (χ0n) is 17.2. The van der Waals surface area contributed by atoms with Crippen molar-refractivity contribution in [2.75, 3.05) is 28.1 Å². The lowest BCUT2D eigenvalue weighted by Gasteiger charge is -2.24. The maximum Gasteiger partial charge on any atom is 0.231 e. The number of hydrogen-bond donors (Lipinski definition) is 1. The molecular formula is C22H26O7. The quantitative estimate of drug-likeness (QED) is 0.716. The van der Waals surface area contributed by atoms with Crippen molar-refractivity contribution in [1.82, 2.24) is 0 Å². The van der Waals surface area contributed by atoms with Crippen LogP contribution in [0.15, 0.2) is 30.3 Å². The number of aliphatic hydroxyl groups excluding tert-OH is 1. The van der Waals surface area contributed by atoms with Crippen LogP contribution in [-0.4, -0.2) is 39.3 Å². The van der Waals surface area contributed by atoms with Crippen LogP contribution in [0.1, 0.15) is 31.1 Å². The molecule has 0 radical (unpaired) electrons. The minimum absolute atomic E-state index is 0.115. The Morgan fingerprint density at radius 2 is 1.62 bits per heavy atom. The lowest BCUT2D eigenvalue weighted by atomic mass is 10.0. The third kappa shape index (κ3) is 4.19. The minimum atomic E-state index is -0.956. The highest BCUT2D eigenvalue weighted by Gasteiger charge is 2.27. The molecular weight excluding hydrogens is 376 g/mol. The molecule has 1 aliphatic rings. The molecule has 7 nitrogen and oxygen atoms in total. The number of allylic oxidation sites excluding steroid dienone is 1. The van der Waals surface area contributed by atoms with Crippen LogP contribution in [0, 0.1) is 0 Å². The fourth-order valence-electron chi connectivity index (χ4n) is 3.15. The second-order valence-electron chi connectivity index (χ2n) is 6.48. The van der Waals surface area contributed by atoms with E-state index in [9.17, 15) is 5.11 Å². The van der Waals surface area contributed by atoms with Gasteiger partial charge in [0.1, 0.15) is 12.2 Å². The van der Waals surface area contributed by atoms with E-state index in [1.54, 1.807) is 33.3 Å². The summed E-state index contributed by atoms with van der Waals surface area (Å²) in [6.45, 7) is 3.81. The van der Waals surface area contributed by atoms with Gasteiger partial charge in [-0.05, 0) is 49.2 Å². The first kappa shape index (κ1) is 20.7. The van der Waals surface area contributed by atoms with Gasteiger partial charge in [-0.25, -0.2) is 0 Å². The highest BCUT2D eigenvalue weighted by Crippen LogP contribution is 2.44. The Labute approximate surface area is 170 Å². The van der Waals surface area contributed by atoms with Gasteiger partial charge in [-0.1, -0.05) is 12.2 Å². The molecule has 1 N–H and O–H groups in total. The van der Waals surface area contributed by atoms with Crippen LogP contribution < -0.4 is 28.4 Å². The molecule has 156 valence electrons. The predicted molar refractivity (Wildman–Crippen MR) is 108 cm³/mol. The maximum atomic E-state index is 10.9. The maximum absolute atomic E-state index is 10.9. The summed E-state index contributed by atoms with van der Waals surface area (Å²) in [5, 5.41) is 10.9. The highest BCUT2D eigenvalue weighted by molar-refractivity contribution is 5.62. The SMILES string of the molecule is CC=Cc1cc(OC)c(O[C@H](C)[C@H](O)c2cc(OC)c3c(c2)OCO3)c(OC)c1. The van der Waals surface area contributed by atoms with Crippen molar-refractivity contribution in [2.24, 2.45) is 0 Å². The lowest BCUT2D eigenvalue weighted by molar-refractivity contribution is 0.0432. The molecule has 0 spiro atoms.